The quantitative estimate of drug-likeness (QED) is 0.340. The Morgan fingerprint density at radius 3 is 2.84 bits per heavy atom. The lowest BCUT2D eigenvalue weighted by molar-refractivity contribution is 0.101. The molecule has 5 aromatic rings. The molecule has 0 radical (unpaired) electrons. The lowest BCUT2D eigenvalue weighted by Gasteiger charge is -2.10. The van der Waals surface area contributed by atoms with Crippen molar-refractivity contribution in [2.45, 2.75) is 26.9 Å². The lowest BCUT2D eigenvalue weighted by atomic mass is 10.3. The molecule has 0 fully saturated rings. The van der Waals surface area contributed by atoms with Gasteiger partial charge in [-0.05, 0) is 49.0 Å². The summed E-state index contributed by atoms with van der Waals surface area (Å²) in [6.45, 7) is 1.77. The van der Waals surface area contributed by atoms with Crippen molar-refractivity contribution < 1.29 is 4.79 Å². The number of H-pyrrole nitrogens is 2. The van der Waals surface area contributed by atoms with Crippen LogP contribution in [0.1, 0.15) is 16.3 Å². The lowest BCUT2D eigenvalue weighted by Crippen LogP contribution is -2.15. The molecule has 1 amide bonds. The number of anilines is 1. The van der Waals surface area contributed by atoms with E-state index in [1.165, 1.54) is 29.9 Å². The van der Waals surface area contributed by atoms with E-state index in [0.29, 0.717) is 26.0 Å². The van der Waals surface area contributed by atoms with Crippen molar-refractivity contribution in [2.75, 3.05) is 5.32 Å². The minimum absolute atomic E-state index is 0.287. The van der Waals surface area contributed by atoms with Crippen molar-refractivity contribution in [1.29, 1.82) is 0 Å². The second kappa shape index (κ2) is 8.45. The van der Waals surface area contributed by atoms with E-state index in [2.05, 4.69) is 45.0 Å². The number of amides is 1. The molecular weight excluding hydrogens is 454 g/mol. The first-order chi connectivity index (χ1) is 15.1. The second-order valence-electron chi connectivity index (χ2n) is 6.21. The van der Waals surface area contributed by atoms with Crippen molar-refractivity contribution in [1.82, 2.24) is 39.7 Å². The third-order valence-electron chi connectivity index (χ3n) is 4.03. The van der Waals surface area contributed by atoms with Gasteiger partial charge in [-0.25, -0.2) is 15.0 Å². The number of hydrogen-bond donors (Lipinski definition) is 3. The first-order valence-electron chi connectivity index (χ1n) is 8.91. The molecule has 0 saturated heterocycles. The maximum Gasteiger partial charge on any atom is 0.277 e. The van der Waals surface area contributed by atoms with Gasteiger partial charge in [0.15, 0.2) is 5.16 Å². The predicted molar refractivity (Wildman–Crippen MR) is 118 cm³/mol. The summed E-state index contributed by atoms with van der Waals surface area (Å²) in [6.07, 6.45) is 3.18. The number of nitrogens with zero attached hydrogens (tertiary/aromatic N) is 6. The van der Waals surface area contributed by atoms with E-state index in [-0.39, 0.29) is 11.6 Å². The molecule has 10 nitrogen and oxygen atoms in total. The standard InChI is InChI=1S/C18H13N9OS3/c1-9-22-18(31-27-9)24-16(28)15-13(4-5-14(23-15)30-17-19-8-21-26-17)29-11-2-3-12-10(6-11)7-20-25-12/h2-8H,1H3,(H,20,25)(H,19,21,26)(H,22,24,27,28). The smallest absolute Gasteiger partial charge is 0.277 e. The minimum atomic E-state index is -0.358. The molecule has 5 rings (SSSR count). The van der Waals surface area contributed by atoms with Crippen LogP contribution in [-0.4, -0.2) is 45.6 Å². The highest BCUT2D eigenvalue weighted by atomic mass is 32.2. The minimum Gasteiger partial charge on any atom is -0.295 e. The van der Waals surface area contributed by atoms with Crippen molar-refractivity contribution >= 4 is 57.0 Å². The molecular formula is C18H13N9OS3. The van der Waals surface area contributed by atoms with Gasteiger partial charge in [0.2, 0.25) is 5.13 Å². The fourth-order valence-corrected chi connectivity index (χ4v) is 4.88. The summed E-state index contributed by atoms with van der Waals surface area (Å²) in [6, 6.07) is 9.65. The molecule has 0 bridgehead atoms. The summed E-state index contributed by atoms with van der Waals surface area (Å²) < 4.78 is 4.10. The highest BCUT2D eigenvalue weighted by Crippen LogP contribution is 2.34. The Balaban J connectivity index is 1.48. The molecule has 13 heteroatoms. The Labute approximate surface area is 187 Å². The van der Waals surface area contributed by atoms with E-state index in [9.17, 15) is 4.79 Å². The maximum absolute atomic E-state index is 13.1. The zero-order valence-corrected chi connectivity index (χ0v) is 18.3. The molecule has 0 aliphatic carbocycles. The van der Waals surface area contributed by atoms with Crippen LogP contribution in [0.25, 0.3) is 10.9 Å². The average molecular weight is 468 g/mol. The van der Waals surface area contributed by atoms with Crippen molar-refractivity contribution in [2.24, 2.45) is 0 Å². The second-order valence-corrected chi connectivity index (χ2v) is 9.09. The third-order valence-corrected chi connectivity index (χ3v) is 6.62. The molecule has 154 valence electrons. The molecule has 0 unspecified atom stereocenters. The summed E-state index contributed by atoms with van der Waals surface area (Å²) in [5, 5.41) is 19.0. The maximum atomic E-state index is 13.1. The first kappa shape index (κ1) is 19.7. The number of aromatic nitrogens is 8. The number of benzene rings is 1. The summed E-state index contributed by atoms with van der Waals surface area (Å²) in [4.78, 5) is 27.6. The summed E-state index contributed by atoms with van der Waals surface area (Å²) in [5.74, 6) is 0.244. The third kappa shape index (κ3) is 4.42. The van der Waals surface area contributed by atoms with Gasteiger partial charge in [-0.2, -0.15) is 14.6 Å². The van der Waals surface area contributed by atoms with Gasteiger partial charge in [-0.3, -0.25) is 20.3 Å². The Kier molecular flexibility index (Phi) is 5.36. The van der Waals surface area contributed by atoms with Gasteiger partial charge in [0.1, 0.15) is 22.9 Å². The molecule has 4 heterocycles. The van der Waals surface area contributed by atoms with Gasteiger partial charge < -0.3 is 0 Å². The number of hydrogen-bond acceptors (Lipinski definition) is 10. The fourth-order valence-electron chi connectivity index (χ4n) is 2.69. The average Bonchev–Trinajstić information content (AvgIpc) is 3.51. The van der Waals surface area contributed by atoms with E-state index >= 15 is 0 Å². The largest absolute Gasteiger partial charge is 0.295 e. The molecule has 0 atom stereocenters. The van der Waals surface area contributed by atoms with Crippen LogP contribution in [0.4, 0.5) is 5.13 Å². The van der Waals surface area contributed by atoms with Crippen LogP contribution in [-0.2, 0) is 0 Å². The van der Waals surface area contributed by atoms with Gasteiger partial charge in [0.25, 0.3) is 5.91 Å². The monoisotopic (exact) mass is 467 g/mol. The van der Waals surface area contributed by atoms with Crippen LogP contribution >= 0.6 is 35.1 Å². The summed E-state index contributed by atoms with van der Waals surface area (Å²) in [7, 11) is 0. The van der Waals surface area contributed by atoms with E-state index in [1.54, 1.807) is 13.1 Å². The van der Waals surface area contributed by atoms with Crippen LogP contribution in [0.15, 0.2) is 62.8 Å². The van der Waals surface area contributed by atoms with Crippen molar-refractivity contribution in [3.8, 4) is 0 Å². The van der Waals surface area contributed by atoms with Crippen LogP contribution in [0.2, 0.25) is 0 Å². The van der Waals surface area contributed by atoms with E-state index in [1.807, 2.05) is 30.3 Å². The fraction of sp³-hybridized carbons (Fsp3) is 0.0556. The Hall–Kier alpha value is -3.29. The van der Waals surface area contributed by atoms with Crippen LogP contribution < -0.4 is 5.32 Å². The van der Waals surface area contributed by atoms with Gasteiger partial charge in [-0.1, -0.05) is 11.8 Å². The van der Waals surface area contributed by atoms with Crippen molar-refractivity contribution in [3.05, 3.63) is 54.4 Å². The number of pyridine rings is 1. The molecule has 1 aromatic carbocycles. The number of carbonyl (C=O) groups excluding carboxylic acids is 1. The Morgan fingerprint density at radius 1 is 1.10 bits per heavy atom. The number of aryl methyl sites for hydroxylation is 1. The van der Waals surface area contributed by atoms with E-state index < -0.39 is 0 Å². The number of carbonyl (C=O) groups is 1. The number of fused-ring (bicyclic) bond motifs is 1. The Morgan fingerprint density at radius 2 is 2.03 bits per heavy atom. The van der Waals surface area contributed by atoms with Gasteiger partial charge in [0, 0.05) is 26.7 Å². The molecule has 3 N–H and O–H groups in total. The van der Waals surface area contributed by atoms with Crippen molar-refractivity contribution in [3.63, 3.8) is 0 Å². The molecule has 0 saturated carbocycles. The van der Waals surface area contributed by atoms with Gasteiger partial charge >= 0.3 is 0 Å². The first-order valence-corrected chi connectivity index (χ1v) is 11.3. The van der Waals surface area contributed by atoms with Gasteiger partial charge in [-0.15, -0.1) is 0 Å². The zero-order valence-electron chi connectivity index (χ0n) is 15.9. The number of aromatic amines is 2. The van der Waals surface area contributed by atoms with E-state index in [4.69, 9.17) is 0 Å². The molecule has 4 aromatic heterocycles. The number of rotatable bonds is 6. The molecule has 0 aliphatic heterocycles. The summed E-state index contributed by atoms with van der Waals surface area (Å²) in [5.41, 5.74) is 1.24. The topological polar surface area (TPSA) is 138 Å². The van der Waals surface area contributed by atoms with Gasteiger partial charge in [0.05, 0.1) is 11.7 Å². The SMILES string of the molecule is Cc1nsc(NC(=O)c2nc(Sc3ncn[nH]3)ccc2Sc2ccc3[nH]ncc3c2)n1. The molecule has 31 heavy (non-hydrogen) atoms. The Bertz CT molecular complexity index is 1360. The zero-order chi connectivity index (χ0) is 21.2. The molecule has 0 aliphatic rings. The predicted octanol–water partition coefficient (Wildman–Crippen LogP) is 3.79. The highest BCUT2D eigenvalue weighted by Gasteiger charge is 2.18. The highest BCUT2D eigenvalue weighted by molar-refractivity contribution is 7.99. The van der Waals surface area contributed by atoms with Crippen LogP contribution in [0.3, 0.4) is 0 Å². The summed E-state index contributed by atoms with van der Waals surface area (Å²) >= 11 is 3.86. The normalized spacial score (nSPS) is 11.1. The van der Waals surface area contributed by atoms with E-state index in [0.717, 1.165) is 27.3 Å². The molecule has 0 spiro atoms. The van der Waals surface area contributed by atoms with Crippen LogP contribution in [0, 0.1) is 6.92 Å². The number of nitrogens with one attached hydrogen (secondary N) is 3. The van der Waals surface area contributed by atoms with Crippen LogP contribution in [0.5, 0.6) is 0 Å².